The number of nitrogens with one attached hydrogen (secondary N) is 2. The molecule has 0 saturated carbocycles. The number of piperidine rings is 1. The number of aromatic nitrogens is 5. The summed E-state index contributed by atoms with van der Waals surface area (Å²) in [7, 11) is 0. The minimum absolute atomic E-state index is 0.243. The van der Waals surface area contributed by atoms with Gasteiger partial charge in [0.05, 0.1) is 24.4 Å². The van der Waals surface area contributed by atoms with Crippen LogP contribution in [0.25, 0.3) is 22.3 Å². The SMILES string of the molecule is N#CCC1(n2cc(-c3ncnc4[nH]ccc34)cn2)CN(C2CCN(C(=O)Nc3c(F)cccc3F)CC2)C1. The van der Waals surface area contributed by atoms with Crippen molar-refractivity contribution in [3.05, 3.63) is 60.8 Å². The molecule has 38 heavy (non-hydrogen) atoms. The first-order valence-electron chi connectivity index (χ1n) is 12.4. The molecule has 0 atom stereocenters. The van der Waals surface area contributed by atoms with Crippen LogP contribution in [0, 0.1) is 23.0 Å². The largest absolute Gasteiger partial charge is 0.346 e. The fourth-order valence-corrected chi connectivity index (χ4v) is 5.50. The smallest absolute Gasteiger partial charge is 0.322 e. The van der Waals surface area contributed by atoms with Crippen molar-refractivity contribution in [3.63, 3.8) is 0 Å². The van der Waals surface area contributed by atoms with Crippen molar-refractivity contribution < 1.29 is 13.6 Å². The maximum absolute atomic E-state index is 13.9. The van der Waals surface area contributed by atoms with E-state index >= 15 is 0 Å². The number of rotatable bonds is 5. The molecule has 2 aliphatic rings. The summed E-state index contributed by atoms with van der Waals surface area (Å²) in [5.41, 5.74) is 1.53. The topological polar surface area (TPSA) is 119 Å². The normalized spacial score (nSPS) is 17.8. The second-order valence-corrected chi connectivity index (χ2v) is 9.85. The third-order valence-electron chi connectivity index (χ3n) is 7.56. The molecule has 2 N–H and O–H groups in total. The summed E-state index contributed by atoms with van der Waals surface area (Å²) in [5.74, 6) is -1.61. The summed E-state index contributed by atoms with van der Waals surface area (Å²) in [6.45, 7) is 2.28. The van der Waals surface area contributed by atoms with Crippen LogP contribution in [0.3, 0.4) is 0 Å². The average Bonchev–Trinajstić information content (AvgIpc) is 3.58. The first-order chi connectivity index (χ1) is 18.5. The van der Waals surface area contributed by atoms with Crippen LogP contribution in [0.15, 0.2) is 49.2 Å². The number of benzene rings is 1. The van der Waals surface area contributed by atoms with Crippen LogP contribution in [0.5, 0.6) is 0 Å². The van der Waals surface area contributed by atoms with Crippen LogP contribution >= 0.6 is 0 Å². The number of para-hydroxylation sites is 1. The number of urea groups is 1. The van der Waals surface area contributed by atoms with Gasteiger partial charge in [0, 0.05) is 55.6 Å². The molecule has 2 amide bonds. The summed E-state index contributed by atoms with van der Waals surface area (Å²) in [5, 5.41) is 17.5. The molecule has 3 aromatic heterocycles. The fourth-order valence-electron chi connectivity index (χ4n) is 5.50. The second kappa shape index (κ2) is 9.50. The van der Waals surface area contributed by atoms with Crippen molar-refractivity contribution in [1.82, 2.24) is 34.5 Å². The van der Waals surface area contributed by atoms with Crippen molar-refractivity contribution in [1.29, 1.82) is 5.26 Å². The Morgan fingerprint density at radius 3 is 2.68 bits per heavy atom. The van der Waals surface area contributed by atoms with Gasteiger partial charge in [0.1, 0.15) is 34.8 Å². The molecule has 1 aromatic carbocycles. The lowest BCUT2D eigenvalue weighted by Crippen LogP contribution is -2.66. The third-order valence-corrected chi connectivity index (χ3v) is 7.56. The van der Waals surface area contributed by atoms with E-state index in [0.29, 0.717) is 32.6 Å². The lowest BCUT2D eigenvalue weighted by atomic mass is 9.84. The van der Waals surface area contributed by atoms with Gasteiger partial charge >= 0.3 is 6.03 Å². The van der Waals surface area contributed by atoms with Crippen LogP contribution in [0.2, 0.25) is 0 Å². The van der Waals surface area contributed by atoms with Crippen molar-refractivity contribution >= 4 is 22.8 Å². The highest BCUT2D eigenvalue weighted by molar-refractivity contribution is 5.90. The molecule has 10 nitrogen and oxygen atoms in total. The van der Waals surface area contributed by atoms with Gasteiger partial charge in [-0.05, 0) is 31.0 Å². The molecule has 0 bridgehead atoms. The number of anilines is 1. The van der Waals surface area contributed by atoms with E-state index in [1.165, 1.54) is 12.4 Å². The molecule has 0 radical (unpaired) electrons. The molecule has 4 aromatic rings. The van der Waals surface area contributed by atoms with Crippen molar-refractivity contribution in [2.24, 2.45) is 0 Å². The van der Waals surface area contributed by atoms with E-state index in [2.05, 4.69) is 36.3 Å². The molecule has 2 aliphatic heterocycles. The highest BCUT2D eigenvalue weighted by Crippen LogP contribution is 2.37. The predicted molar refractivity (Wildman–Crippen MR) is 135 cm³/mol. The van der Waals surface area contributed by atoms with Gasteiger partial charge in [-0.15, -0.1) is 0 Å². The number of aromatic amines is 1. The molecule has 12 heteroatoms. The zero-order valence-electron chi connectivity index (χ0n) is 20.4. The lowest BCUT2D eigenvalue weighted by Gasteiger charge is -2.53. The monoisotopic (exact) mass is 517 g/mol. The maximum atomic E-state index is 13.9. The molecule has 194 valence electrons. The molecule has 0 aliphatic carbocycles. The number of H-pyrrole nitrogens is 1. The number of likely N-dealkylation sites (tertiary alicyclic amines) is 2. The molecular weight excluding hydrogens is 492 g/mol. The summed E-state index contributed by atoms with van der Waals surface area (Å²) >= 11 is 0. The van der Waals surface area contributed by atoms with E-state index in [9.17, 15) is 18.8 Å². The minimum Gasteiger partial charge on any atom is -0.346 e. The highest BCUT2D eigenvalue weighted by Gasteiger charge is 2.48. The van der Waals surface area contributed by atoms with E-state index in [-0.39, 0.29) is 6.04 Å². The van der Waals surface area contributed by atoms with Crippen LogP contribution < -0.4 is 5.32 Å². The van der Waals surface area contributed by atoms with Gasteiger partial charge in [0.15, 0.2) is 0 Å². The van der Waals surface area contributed by atoms with E-state index in [1.807, 2.05) is 23.1 Å². The Hall–Kier alpha value is -4.37. The minimum atomic E-state index is -0.804. The van der Waals surface area contributed by atoms with Crippen LogP contribution in [0.1, 0.15) is 19.3 Å². The van der Waals surface area contributed by atoms with E-state index in [4.69, 9.17) is 0 Å². The van der Waals surface area contributed by atoms with Crippen LogP contribution in [-0.2, 0) is 5.54 Å². The number of hydrogen-bond donors (Lipinski definition) is 2. The van der Waals surface area contributed by atoms with Gasteiger partial charge in [0.2, 0.25) is 0 Å². The van der Waals surface area contributed by atoms with Gasteiger partial charge in [0.25, 0.3) is 0 Å². The molecule has 5 heterocycles. The number of fused-ring (bicyclic) bond motifs is 1. The zero-order chi connectivity index (χ0) is 26.3. The van der Waals surface area contributed by atoms with Crippen molar-refractivity contribution in [3.8, 4) is 17.3 Å². The van der Waals surface area contributed by atoms with Gasteiger partial charge < -0.3 is 15.2 Å². The zero-order valence-corrected chi connectivity index (χ0v) is 20.4. The summed E-state index contributed by atoms with van der Waals surface area (Å²) < 4.78 is 29.7. The number of nitrogens with zero attached hydrogens (tertiary/aromatic N) is 7. The van der Waals surface area contributed by atoms with E-state index in [1.54, 1.807) is 11.1 Å². The van der Waals surface area contributed by atoms with Gasteiger partial charge in [-0.3, -0.25) is 9.58 Å². The first kappa shape index (κ1) is 24.0. The van der Waals surface area contributed by atoms with E-state index < -0.39 is 28.9 Å². The highest BCUT2D eigenvalue weighted by atomic mass is 19.1. The summed E-state index contributed by atoms with van der Waals surface area (Å²) in [4.78, 5) is 28.3. The Kier molecular flexibility index (Phi) is 6.00. The van der Waals surface area contributed by atoms with Gasteiger partial charge in [-0.2, -0.15) is 10.4 Å². The lowest BCUT2D eigenvalue weighted by molar-refractivity contribution is -0.0399. The second-order valence-electron chi connectivity index (χ2n) is 9.85. The van der Waals surface area contributed by atoms with Crippen LogP contribution in [0.4, 0.5) is 19.3 Å². The molecule has 6 rings (SSSR count). The standard InChI is InChI=1S/C26H25F2N9O/c27-20-2-1-3-21(28)23(20)34-25(38)35-10-5-18(6-11-35)36-14-26(15-36,7-8-29)37-13-17(12-33-37)22-19-4-9-30-24(19)32-16-31-22/h1-4,9,12-13,16,18H,5-7,10-11,14-15H2,(H,34,38)(H,30,31,32). The summed E-state index contributed by atoms with van der Waals surface area (Å²) in [6.07, 6.45) is 8.83. The third kappa shape index (κ3) is 4.14. The fraction of sp³-hybridized carbons (Fsp3) is 0.346. The summed E-state index contributed by atoms with van der Waals surface area (Å²) in [6, 6.07) is 7.45. The Labute approximate surface area is 216 Å². The number of amides is 2. The molecule has 2 fully saturated rings. The van der Waals surface area contributed by atoms with Crippen molar-refractivity contribution in [2.45, 2.75) is 30.8 Å². The van der Waals surface area contributed by atoms with Gasteiger partial charge in [-0.1, -0.05) is 6.07 Å². The Morgan fingerprint density at radius 2 is 1.95 bits per heavy atom. The first-order valence-corrected chi connectivity index (χ1v) is 12.4. The van der Waals surface area contributed by atoms with Crippen molar-refractivity contribution in [2.75, 3.05) is 31.5 Å². The Balaban J connectivity index is 1.10. The molecule has 0 unspecified atom stereocenters. The van der Waals surface area contributed by atoms with Gasteiger partial charge in [-0.25, -0.2) is 23.5 Å². The van der Waals surface area contributed by atoms with E-state index in [0.717, 1.165) is 47.3 Å². The molecular formula is C26H25F2N9O. The maximum Gasteiger partial charge on any atom is 0.322 e. The molecule has 2 saturated heterocycles. The number of carbonyl (C=O) groups is 1. The Bertz CT molecular complexity index is 1510. The number of halogens is 2. The number of hydrogen-bond acceptors (Lipinski definition) is 6. The number of nitriles is 1. The number of carbonyl (C=O) groups excluding carboxylic acids is 1. The quantitative estimate of drug-likeness (QED) is 0.417. The van der Waals surface area contributed by atoms with Crippen LogP contribution in [-0.4, -0.2) is 72.8 Å². The predicted octanol–water partition coefficient (Wildman–Crippen LogP) is 3.72. The Morgan fingerprint density at radius 1 is 1.18 bits per heavy atom. The molecule has 0 spiro atoms. The average molecular weight is 518 g/mol.